The van der Waals surface area contributed by atoms with Crippen LogP contribution in [0, 0.1) is 6.92 Å². The van der Waals surface area contributed by atoms with Gasteiger partial charge in [-0.05, 0) is 29.8 Å². The summed E-state index contributed by atoms with van der Waals surface area (Å²) in [7, 11) is 0. The molecule has 5 atom stereocenters. The Morgan fingerprint density at radius 3 is 2.39 bits per heavy atom. The van der Waals surface area contributed by atoms with E-state index in [1.54, 1.807) is 12.1 Å². The van der Waals surface area contributed by atoms with E-state index in [0.717, 1.165) is 16.3 Å². The molecule has 23 heavy (non-hydrogen) atoms. The maximum absolute atomic E-state index is 9.99. The minimum Gasteiger partial charge on any atom is -0.462 e. The van der Waals surface area contributed by atoms with Crippen molar-refractivity contribution in [1.29, 1.82) is 0 Å². The molecule has 0 bridgehead atoms. The standard InChI is InChI=1S/C17H20O6/c1-9-2-3-11-7-12(5-4-10(11)6-9)22-17-16(21)15(20)14(19)13(8-18)23-17/h2-7,13-21H,8H2,1H3/t13-,14+,15+,16-,17-/m1/s1. The number of hydrogen-bond acceptors (Lipinski definition) is 6. The Hall–Kier alpha value is -1.70. The molecule has 6 nitrogen and oxygen atoms in total. The molecule has 0 spiro atoms. The molecular formula is C17H20O6. The molecule has 2 aromatic carbocycles. The van der Waals surface area contributed by atoms with E-state index in [2.05, 4.69) is 0 Å². The first-order valence-corrected chi connectivity index (χ1v) is 7.47. The van der Waals surface area contributed by atoms with E-state index in [1.807, 2.05) is 31.2 Å². The number of fused-ring (bicyclic) bond motifs is 1. The van der Waals surface area contributed by atoms with Crippen molar-refractivity contribution < 1.29 is 29.9 Å². The predicted octanol–water partition coefficient (Wildman–Crippen LogP) is 0.327. The number of aryl methyl sites for hydroxylation is 1. The van der Waals surface area contributed by atoms with Gasteiger partial charge in [-0.25, -0.2) is 0 Å². The maximum atomic E-state index is 9.99. The van der Waals surface area contributed by atoms with E-state index in [0.29, 0.717) is 5.75 Å². The zero-order valence-electron chi connectivity index (χ0n) is 12.7. The molecule has 0 radical (unpaired) electrons. The van der Waals surface area contributed by atoms with Crippen LogP contribution >= 0.6 is 0 Å². The molecular weight excluding hydrogens is 300 g/mol. The third-order valence-electron chi connectivity index (χ3n) is 4.07. The van der Waals surface area contributed by atoms with Crippen molar-refractivity contribution >= 4 is 10.8 Å². The minimum atomic E-state index is -1.45. The fourth-order valence-electron chi connectivity index (χ4n) is 2.72. The average molecular weight is 320 g/mol. The van der Waals surface area contributed by atoms with Crippen LogP contribution in [0.1, 0.15) is 5.56 Å². The third kappa shape index (κ3) is 3.17. The summed E-state index contributed by atoms with van der Waals surface area (Å²) in [5.74, 6) is 0.464. The van der Waals surface area contributed by atoms with E-state index in [-0.39, 0.29) is 0 Å². The van der Waals surface area contributed by atoms with Gasteiger partial charge in [0.15, 0.2) is 0 Å². The van der Waals surface area contributed by atoms with Crippen molar-refractivity contribution in [3.05, 3.63) is 42.0 Å². The van der Waals surface area contributed by atoms with Crippen LogP contribution < -0.4 is 4.74 Å². The summed E-state index contributed by atoms with van der Waals surface area (Å²) in [6, 6.07) is 11.4. The lowest BCUT2D eigenvalue weighted by Crippen LogP contribution is -2.60. The smallest absolute Gasteiger partial charge is 0.229 e. The zero-order chi connectivity index (χ0) is 16.6. The second kappa shape index (κ2) is 6.43. The second-order valence-electron chi connectivity index (χ2n) is 5.83. The van der Waals surface area contributed by atoms with Crippen LogP contribution in [0.4, 0.5) is 0 Å². The molecule has 124 valence electrons. The average Bonchev–Trinajstić information content (AvgIpc) is 2.55. The van der Waals surface area contributed by atoms with Gasteiger partial charge in [0.25, 0.3) is 0 Å². The number of rotatable bonds is 3. The number of aliphatic hydroxyl groups is 4. The largest absolute Gasteiger partial charge is 0.462 e. The normalized spacial score (nSPS) is 31.3. The van der Waals surface area contributed by atoms with Crippen LogP contribution in [-0.4, -0.2) is 57.7 Å². The van der Waals surface area contributed by atoms with E-state index in [1.165, 1.54) is 0 Å². The summed E-state index contributed by atoms with van der Waals surface area (Å²) in [4.78, 5) is 0. The summed E-state index contributed by atoms with van der Waals surface area (Å²) in [6.07, 6.45) is -6.42. The lowest BCUT2D eigenvalue weighted by Gasteiger charge is -2.39. The highest BCUT2D eigenvalue weighted by molar-refractivity contribution is 5.84. The molecule has 2 aromatic rings. The molecule has 1 saturated heterocycles. The Kier molecular flexibility index (Phi) is 4.52. The van der Waals surface area contributed by atoms with E-state index < -0.39 is 37.3 Å². The Morgan fingerprint density at radius 1 is 0.957 bits per heavy atom. The summed E-state index contributed by atoms with van der Waals surface area (Å²) < 4.78 is 10.9. The first kappa shape index (κ1) is 16.2. The van der Waals surface area contributed by atoms with Gasteiger partial charge in [-0.2, -0.15) is 0 Å². The maximum Gasteiger partial charge on any atom is 0.229 e. The number of hydrogen-bond donors (Lipinski definition) is 4. The monoisotopic (exact) mass is 320 g/mol. The third-order valence-corrected chi connectivity index (χ3v) is 4.07. The highest BCUT2D eigenvalue weighted by Crippen LogP contribution is 2.27. The fourth-order valence-corrected chi connectivity index (χ4v) is 2.72. The van der Waals surface area contributed by atoms with Crippen LogP contribution in [-0.2, 0) is 4.74 Å². The van der Waals surface area contributed by atoms with Gasteiger partial charge in [-0.3, -0.25) is 0 Å². The van der Waals surface area contributed by atoms with Crippen molar-refractivity contribution in [2.45, 2.75) is 37.6 Å². The molecule has 0 aromatic heterocycles. The SMILES string of the molecule is Cc1ccc2cc(O[C@@H]3O[C@H](CO)[C@H](O)[C@H](O)[C@H]3O)ccc2c1. The first-order valence-electron chi connectivity index (χ1n) is 7.47. The highest BCUT2D eigenvalue weighted by atomic mass is 16.7. The molecule has 4 N–H and O–H groups in total. The van der Waals surface area contributed by atoms with Gasteiger partial charge in [-0.1, -0.05) is 29.8 Å². The van der Waals surface area contributed by atoms with Gasteiger partial charge in [0.05, 0.1) is 6.61 Å². The summed E-state index contributed by atoms with van der Waals surface area (Å²) in [5, 5.41) is 40.7. The number of aliphatic hydroxyl groups excluding tert-OH is 4. The van der Waals surface area contributed by atoms with Crippen molar-refractivity contribution in [3.8, 4) is 5.75 Å². The number of benzene rings is 2. The first-order chi connectivity index (χ1) is 11.0. The molecule has 0 amide bonds. The molecule has 1 fully saturated rings. The zero-order valence-corrected chi connectivity index (χ0v) is 12.7. The van der Waals surface area contributed by atoms with Crippen LogP contribution in [0.5, 0.6) is 5.75 Å². The Bertz CT molecular complexity index is 686. The molecule has 6 heteroatoms. The molecule has 0 unspecified atom stereocenters. The van der Waals surface area contributed by atoms with Crippen molar-refractivity contribution in [2.75, 3.05) is 6.61 Å². The van der Waals surface area contributed by atoms with Gasteiger partial charge in [0.1, 0.15) is 30.2 Å². The van der Waals surface area contributed by atoms with Gasteiger partial charge in [0, 0.05) is 0 Å². The molecule has 0 aliphatic carbocycles. The fraction of sp³-hybridized carbons (Fsp3) is 0.412. The summed E-state index contributed by atoms with van der Waals surface area (Å²) in [5.41, 5.74) is 1.15. The Labute approximate surface area is 133 Å². The highest BCUT2D eigenvalue weighted by Gasteiger charge is 2.44. The van der Waals surface area contributed by atoms with Gasteiger partial charge >= 0.3 is 0 Å². The Balaban J connectivity index is 1.81. The molecule has 1 aliphatic heterocycles. The molecule has 1 heterocycles. The van der Waals surface area contributed by atoms with Gasteiger partial charge in [-0.15, -0.1) is 0 Å². The molecule has 0 saturated carbocycles. The van der Waals surface area contributed by atoms with Crippen molar-refractivity contribution in [3.63, 3.8) is 0 Å². The second-order valence-corrected chi connectivity index (χ2v) is 5.83. The van der Waals surface area contributed by atoms with E-state index in [4.69, 9.17) is 9.47 Å². The predicted molar refractivity (Wildman–Crippen MR) is 83.1 cm³/mol. The lowest BCUT2D eigenvalue weighted by molar-refractivity contribution is -0.277. The quantitative estimate of drug-likeness (QED) is 0.650. The van der Waals surface area contributed by atoms with E-state index >= 15 is 0 Å². The van der Waals surface area contributed by atoms with Crippen LogP contribution in [0.25, 0.3) is 10.8 Å². The van der Waals surface area contributed by atoms with Crippen LogP contribution in [0.3, 0.4) is 0 Å². The molecule has 1 aliphatic rings. The summed E-state index contributed by atoms with van der Waals surface area (Å²) >= 11 is 0. The van der Waals surface area contributed by atoms with Gasteiger partial charge < -0.3 is 29.9 Å². The van der Waals surface area contributed by atoms with Gasteiger partial charge in [0.2, 0.25) is 6.29 Å². The number of ether oxygens (including phenoxy) is 2. The summed E-state index contributed by atoms with van der Waals surface area (Å²) in [6.45, 7) is 1.53. The minimum absolute atomic E-state index is 0.464. The van der Waals surface area contributed by atoms with Crippen molar-refractivity contribution in [2.24, 2.45) is 0 Å². The Morgan fingerprint density at radius 2 is 1.65 bits per heavy atom. The van der Waals surface area contributed by atoms with Crippen molar-refractivity contribution in [1.82, 2.24) is 0 Å². The van der Waals surface area contributed by atoms with Crippen LogP contribution in [0.2, 0.25) is 0 Å². The topological polar surface area (TPSA) is 99.4 Å². The molecule has 3 rings (SSSR count). The van der Waals surface area contributed by atoms with E-state index in [9.17, 15) is 20.4 Å². The lowest BCUT2D eigenvalue weighted by atomic mass is 9.99. The van der Waals surface area contributed by atoms with Crippen LogP contribution in [0.15, 0.2) is 36.4 Å².